The van der Waals surface area contributed by atoms with Crippen LogP contribution in [0.4, 0.5) is 5.82 Å². The third kappa shape index (κ3) is 3.43. The first-order valence-corrected chi connectivity index (χ1v) is 7.86. The molecule has 4 heteroatoms. The fourth-order valence-corrected chi connectivity index (χ4v) is 3.31. The average molecular weight is 348 g/mol. The standard InChI is InChI=1S/C17H22BrN3/c1-10-7-11(2)9-12(8-10)15-20-14(17(3,4)5)13(18)16(19-6)21-15/h7-9H,1-6H3,(H,19,20,21). The van der Waals surface area contributed by atoms with Gasteiger partial charge >= 0.3 is 0 Å². The highest BCUT2D eigenvalue weighted by Gasteiger charge is 2.23. The Morgan fingerprint density at radius 2 is 1.57 bits per heavy atom. The third-order valence-electron chi connectivity index (χ3n) is 3.28. The van der Waals surface area contributed by atoms with E-state index in [0.717, 1.165) is 27.4 Å². The summed E-state index contributed by atoms with van der Waals surface area (Å²) in [6.45, 7) is 10.7. The highest BCUT2D eigenvalue weighted by atomic mass is 79.9. The number of aromatic nitrogens is 2. The second kappa shape index (κ2) is 5.76. The predicted octanol–water partition coefficient (Wildman–Crippen LogP) is 4.86. The number of anilines is 1. The van der Waals surface area contributed by atoms with Crippen LogP contribution in [0.25, 0.3) is 11.4 Å². The fraction of sp³-hybridized carbons (Fsp3) is 0.412. The second-order valence-electron chi connectivity index (χ2n) is 6.43. The molecule has 0 bridgehead atoms. The number of hydrogen-bond acceptors (Lipinski definition) is 3. The Labute approximate surface area is 135 Å². The van der Waals surface area contributed by atoms with Crippen LogP contribution in [-0.2, 0) is 5.41 Å². The van der Waals surface area contributed by atoms with Crippen LogP contribution in [0.5, 0.6) is 0 Å². The topological polar surface area (TPSA) is 37.8 Å². The van der Waals surface area contributed by atoms with Gasteiger partial charge in [-0.2, -0.15) is 0 Å². The Morgan fingerprint density at radius 3 is 2.05 bits per heavy atom. The van der Waals surface area contributed by atoms with Crippen molar-refractivity contribution in [2.75, 3.05) is 12.4 Å². The molecule has 1 aromatic carbocycles. The quantitative estimate of drug-likeness (QED) is 0.842. The summed E-state index contributed by atoms with van der Waals surface area (Å²) >= 11 is 3.63. The van der Waals surface area contributed by atoms with Gasteiger partial charge in [0.2, 0.25) is 0 Å². The molecule has 0 radical (unpaired) electrons. The van der Waals surface area contributed by atoms with E-state index in [4.69, 9.17) is 4.98 Å². The Balaban J connectivity index is 2.69. The zero-order valence-electron chi connectivity index (χ0n) is 13.5. The van der Waals surface area contributed by atoms with E-state index in [1.54, 1.807) is 0 Å². The van der Waals surface area contributed by atoms with Crippen molar-refractivity contribution in [3.8, 4) is 11.4 Å². The summed E-state index contributed by atoms with van der Waals surface area (Å²) in [4.78, 5) is 9.45. The molecule has 0 aliphatic carbocycles. The maximum atomic E-state index is 4.81. The number of nitrogens with one attached hydrogen (secondary N) is 1. The average Bonchev–Trinajstić information content (AvgIpc) is 2.36. The van der Waals surface area contributed by atoms with Gasteiger partial charge < -0.3 is 5.32 Å². The third-order valence-corrected chi connectivity index (χ3v) is 4.03. The molecule has 0 fully saturated rings. The molecule has 112 valence electrons. The van der Waals surface area contributed by atoms with E-state index in [1.165, 1.54) is 11.1 Å². The van der Waals surface area contributed by atoms with Crippen molar-refractivity contribution in [3.05, 3.63) is 39.5 Å². The number of benzene rings is 1. The first-order chi connectivity index (χ1) is 9.72. The number of aryl methyl sites for hydroxylation is 2. The smallest absolute Gasteiger partial charge is 0.161 e. The number of halogens is 1. The lowest BCUT2D eigenvalue weighted by atomic mass is 9.91. The second-order valence-corrected chi connectivity index (χ2v) is 7.23. The van der Waals surface area contributed by atoms with Crippen LogP contribution in [0.2, 0.25) is 0 Å². The molecule has 0 unspecified atom stereocenters. The van der Waals surface area contributed by atoms with E-state index < -0.39 is 0 Å². The van der Waals surface area contributed by atoms with Gasteiger partial charge in [0, 0.05) is 18.0 Å². The lowest BCUT2D eigenvalue weighted by Crippen LogP contribution is -2.17. The van der Waals surface area contributed by atoms with Gasteiger partial charge in [0.05, 0.1) is 10.2 Å². The molecule has 2 aromatic rings. The van der Waals surface area contributed by atoms with Gasteiger partial charge in [-0.3, -0.25) is 0 Å². The molecule has 0 aliphatic rings. The van der Waals surface area contributed by atoms with E-state index in [2.05, 4.69) is 79.0 Å². The van der Waals surface area contributed by atoms with Gasteiger partial charge in [0.1, 0.15) is 5.82 Å². The SMILES string of the molecule is CNc1nc(-c2cc(C)cc(C)c2)nc(C(C)(C)C)c1Br. The Hall–Kier alpha value is -1.42. The summed E-state index contributed by atoms with van der Waals surface area (Å²) in [7, 11) is 1.88. The molecular weight excluding hydrogens is 326 g/mol. The van der Waals surface area contributed by atoms with Crippen LogP contribution in [0.15, 0.2) is 22.7 Å². The largest absolute Gasteiger partial charge is 0.372 e. The molecule has 0 spiro atoms. The minimum absolute atomic E-state index is 0.0546. The molecule has 1 N–H and O–H groups in total. The Morgan fingerprint density at radius 1 is 1.00 bits per heavy atom. The highest BCUT2D eigenvalue weighted by Crippen LogP contribution is 2.34. The van der Waals surface area contributed by atoms with Crippen LogP contribution in [-0.4, -0.2) is 17.0 Å². The maximum absolute atomic E-state index is 4.81. The van der Waals surface area contributed by atoms with Crippen molar-refractivity contribution < 1.29 is 0 Å². The molecular formula is C17H22BrN3. The fourth-order valence-electron chi connectivity index (χ4n) is 2.34. The number of hydrogen-bond donors (Lipinski definition) is 1. The molecule has 3 nitrogen and oxygen atoms in total. The highest BCUT2D eigenvalue weighted by molar-refractivity contribution is 9.10. The maximum Gasteiger partial charge on any atom is 0.161 e. The van der Waals surface area contributed by atoms with Gasteiger partial charge in [0.25, 0.3) is 0 Å². The first kappa shape index (κ1) is 16.0. The van der Waals surface area contributed by atoms with Crippen LogP contribution in [0.3, 0.4) is 0 Å². The van der Waals surface area contributed by atoms with Gasteiger partial charge in [-0.25, -0.2) is 9.97 Å². The molecule has 21 heavy (non-hydrogen) atoms. The van der Waals surface area contributed by atoms with E-state index >= 15 is 0 Å². The van der Waals surface area contributed by atoms with Gasteiger partial charge in [0.15, 0.2) is 5.82 Å². The van der Waals surface area contributed by atoms with E-state index in [0.29, 0.717) is 0 Å². The van der Waals surface area contributed by atoms with Crippen LogP contribution >= 0.6 is 15.9 Å². The van der Waals surface area contributed by atoms with Crippen LogP contribution < -0.4 is 5.32 Å². The minimum Gasteiger partial charge on any atom is -0.372 e. The van der Waals surface area contributed by atoms with E-state index in [-0.39, 0.29) is 5.41 Å². The van der Waals surface area contributed by atoms with E-state index in [9.17, 15) is 0 Å². The molecule has 0 aliphatic heterocycles. The molecule has 0 saturated heterocycles. The van der Waals surface area contributed by atoms with Crippen molar-refractivity contribution >= 4 is 21.7 Å². The molecule has 1 heterocycles. The lowest BCUT2D eigenvalue weighted by Gasteiger charge is -2.21. The van der Waals surface area contributed by atoms with Crippen LogP contribution in [0.1, 0.15) is 37.6 Å². The summed E-state index contributed by atoms with van der Waals surface area (Å²) in [6.07, 6.45) is 0. The molecule has 0 saturated carbocycles. The van der Waals surface area contributed by atoms with Gasteiger partial charge in [-0.05, 0) is 41.9 Å². The van der Waals surface area contributed by atoms with Gasteiger partial charge in [-0.1, -0.05) is 38.0 Å². The van der Waals surface area contributed by atoms with Crippen molar-refractivity contribution in [1.29, 1.82) is 0 Å². The van der Waals surface area contributed by atoms with Crippen LogP contribution in [0, 0.1) is 13.8 Å². The Kier molecular flexibility index (Phi) is 4.38. The normalized spacial score (nSPS) is 11.6. The van der Waals surface area contributed by atoms with E-state index in [1.807, 2.05) is 7.05 Å². The van der Waals surface area contributed by atoms with Crippen molar-refractivity contribution in [2.24, 2.45) is 0 Å². The van der Waals surface area contributed by atoms with Crippen molar-refractivity contribution in [1.82, 2.24) is 9.97 Å². The molecule has 2 rings (SSSR count). The zero-order valence-corrected chi connectivity index (χ0v) is 15.1. The number of rotatable bonds is 2. The van der Waals surface area contributed by atoms with Crippen molar-refractivity contribution in [3.63, 3.8) is 0 Å². The summed E-state index contributed by atoms with van der Waals surface area (Å²) in [5, 5.41) is 3.15. The Bertz CT molecular complexity index is 652. The molecule has 0 amide bonds. The summed E-state index contributed by atoms with van der Waals surface area (Å²) in [5.41, 5.74) is 4.46. The lowest BCUT2D eigenvalue weighted by molar-refractivity contribution is 0.564. The van der Waals surface area contributed by atoms with Crippen molar-refractivity contribution in [2.45, 2.75) is 40.0 Å². The zero-order chi connectivity index (χ0) is 15.8. The van der Waals surface area contributed by atoms with Gasteiger partial charge in [-0.15, -0.1) is 0 Å². The summed E-state index contributed by atoms with van der Waals surface area (Å²) in [6, 6.07) is 6.41. The summed E-state index contributed by atoms with van der Waals surface area (Å²) < 4.78 is 0.936. The number of nitrogens with zero attached hydrogens (tertiary/aromatic N) is 2. The molecule has 1 aromatic heterocycles. The molecule has 0 atom stereocenters. The minimum atomic E-state index is -0.0546. The monoisotopic (exact) mass is 347 g/mol. The predicted molar refractivity (Wildman–Crippen MR) is 92.9 cm³/mol. The summed E-state index contributed by atoms with van der Waals surface area (Å²) in [5.74, 6) is 1.59. The first-order valence-electron chi connectivity index (χ1n) is 7.07.